The van der Waals surface area contributed by atoms with Crippen LogP contribution in [0.15, 0.2) is 59.7 Å². The van der Waals surface area contributed by atoms with Gasteiger partial charge in [0.05, 0.1) is 5.71 Å². The largest absolute Gasteiger partial charge is 0.273 e. The average Bonchev–Trinajstić information content (AvgIpc) is 3.41. The maximum atomic E-state index is 12.3. The smallest absolute Gasteiger partial charge is 0.243 e. The SMILES string of the molecule is C/C(=N/NC(=O)[C@@H]1C[C@H]1c1ccccc1)c1ccc(C(C)C)cc1. The van der Waals surface area contributed by atoms with Crippen molar-refractivity contribution in [3.8, 4) is 0 Å². The number of benzene rings is 2. The van der Waals surface area contributed by atoms with E-state index in [4.69, 9.17) is 0 Å². The monoisotopic (exact) mass is 320 g/mol. The highest BCUT2D eigenvalue weighted by molar-refractivity contribution is 5.99. The molecule has 3 rings (SSSR count). The van der Waals surface area contributed by atoms with Gasteiger partial charge in [0, 0.05) is 5.92 Å². The lowest BCUT2D eigenvalue weighted by Gasteiger charge is -2.07. The highest BCUT2D eigenvalue weighted by Crippen LogP contribution is 2.47. The van der Waals surface area contributed by atoms with E-state index in [2.05, 4.69) is 60.8 Å². The van der Waals surface area contributed by atoms with Crippen molar-refractivity contribution in [2.24, 2.45) is 11.0 Å². The summed E-state index contributed by atoms with van der Waals surface area (Å²) >= 11 is 0. The summed E-state index contributed by atoms with van der Waals surface area (Å²) in [7, 11) is 0. The molecular weight excluding hydrogens is 296 g/mol. The molecule has 3 heteroatoms. The fourth-order valence-electron chi connectivity index (χ4n) is 2.95. The Morgan fingerprint density at radius 2 is 1.75 bits per heavy atom. The van der Waals surface area contributed by atoms with Crippen molar-refractivity contribution in [2.75, 3.05) is 0 Å². The second-order valence-corrected chi connectivity index (χ2v) is 6.81. The van der Waals surface area contributed by atoms with Gasteiger partial charge in [-0.25, -0.2) is 5.43 Å². The Hall–Kier alpha value is -2.42. The van der Waals surface area contributed by atoms with E-state index in [9.17, 15) is 4.79 Å². The fourth-order valence-corrected chi connectivity index (χ4v) is 2.95. The topological polar surface area (TPSA) is 41.5 Å². The van der Waals surface area contributed by atoms with E-state index in [1.807, 2.05) is 25.1 Å². The minimum atomic E-state index is 0.0157. The zero-order chi connectivity index (χ0) is 17.1. The molecule has 0 aromatic heterocycles. The van der Waals surface area contributed by atoms with E-state index >= 15 is 0 Å². The predicted octanol–water partition coefficient (Wildman–Crippen LogP) is 4.45. The molecule has 1 aliphatic rings. The summed E-state index contributed by atoms with van der Waals surface area (Å²) in [5, 5.41) is 4.28. The first-order valence-corrected chi connectivity index (χ1v) is 8.55. The van der Waals surface area contributed by atoms with E-state index in [0.717, 1.165) is 17.7 Å². The number of carbonyl (C=O) groups is 1. The summed E-state index contributed by atoms with van der Waals surface area (Å²) in [5.74, 6) is 0.919. The number of amides is 1. The third kappa shape index (κ3) is 3.73. The first-order valence-electron chi connectivity index (χ1n) is 8.55. The second-order valence-electron chi connectivity index (χ2n) is 6.81. The molecule has 0 bridgehead atoms. The molecule has 1 amide bonds. The van der Waals surface area contributed by atoms with Crippen LogP contribution in [-0.2, 0) is 4.79 Å². The Kier molecular flexibility index (Phi) is 4.79. The van der Waals surface area contributed by atoms with E-state index in [0.29, 0.717) is 11.8 Å². The van der Waals surface area contributed by atoms with Crippen molar-refractivity contribution >= 4 is 11.6 Å². The molecule has 1 saturated carbocycles. The van der Waals surface area contributed by atoms with E-state index in [1.165, 1.54) is 11.1 Å². The van der Waals surface area contributed by atoms with Crippen LogP contribution in [0.4, 0.5) is 0 Å². The summed E-state index contributed by atoms with van der Waals surface area (Å²) in [4.78, 5) is 12.3. The number of nitrogens with one attached hydrogen (secondary N) is 1. The lowest BCUT2D eigenvalue weighted by Crippen LogP contribution is -2.21. The lowest BCUT2D eigenvalue weighted by molar-refractivity contribution is -0.122. The van der Waals surface area contributed by atoms with Gasteiger partial charge in [-0.3, -0.25) is 4.79 Å². The molecule has 0 radical (unpaired) electrons. The van der Waals surface area contributed by atoms with E-state index in [-0.39, 0.29) is 11.8 Å². The molecule has 2 atom stereocenters. The Balaban J connectivity index is 1.58. The molecule has 124 valence electrons. The molecule has 2 aromatic carbocycles. The zero-order valence-corrected chi connectivity index (χ0v) is 14.5. The van der Waals surface area contributed by atoms with Crippen LogP contribution in [0.5, 0.6) is 0 Å². The van der Waals surface area contributed by atoms with Crippen LogP contribution in [0.1, 0.15) is 55.7 Å². The summed E-state index contributed by atoms with van der Waals surface area (Å²) in [6, 6.07) is 18.6. The number of hydrazone groups is 1. The summed E-state index contributed by atoms with van der Waals surface area (Å²) in [5.41, 5.74) is 7.14. The van der Waals surface area contributed by atoms with E-state index < -0.39 is 0 Å². The highest BCUT2D eigenvalue weighted by atomic mass is 16.2. The van der Waals surface area contributed by atoms with Gasteiger partial charge in [0.2, 0.25) is 5.91 Å². The zero-order valence-electron chi connectivity index (χ0n) is 14.5. The molecule has 1 N–H and O–H groups in total. The van der Waals surface area contributed by atoms with Gasteiger partial charge in [0.25, 0.3) is 0 Å². The molecule has 0 heterocycles. The maximum Gasteiger partial charge on any atom is 0.243 e. The fraction of sp³-hybridized carbons (Fsp3) is 0.333. The number of rotatable bonds is 5. The summed E-state index contributed by atoms with van der Waals surface area (Å²) < 4.78 is 0. The summed E-state index contributed by atoms with van der Waals surface area (Å²) in [6.07, 6.45) is 0.910. The van der Waals surface area contributed by atoms with Gasteiger partial charge in [-0.15, -0.1) is 0 Å². The van der Waals surface area contributed by atoms with Crippen LogP contribution in [0, 0.1) is 5.92 Å². The molecule has 1 aliphatic carbocycles. The van der Waals surface area contributed by atoms with Crippen molar-refractivity contribution in [3.63, 3.8) is 0 Å². The number of hydrogen-bond donors (Lipinski definition) is 1. The Labute approximate surface area is 143 Å². The Morgan fingerprint density at radius 3 is 2.38 bits per heavy atom. The van der Waals surface area contributed by atoms with Crippen LogP contribution in [-0.4, -0.2) is 11.6 Å². The molecule has 24 heavy (non-hydrogen) atoms. The van der Waals surface area contributed by atoms with Crippen molar-refractivity contribution in [1.29, 1.82) is 0 Å². The lowest BCUT2D eigenvalue weighted by atomic mass is 10.0. The molecule has 0 spiro atoms. The van der Waals surface area contributed by atoms with Gasteiger partial charge < -0.3 is 0 Å². The first kappa shape index (κ1) is 16.4. The molecule has 3 nitrogen and oxygen atoms in total. The quantitative estimate of drug-likeness (QED) is 0.641. The molecule has 1 fully saturated rings. The molecule has 0 unspecified atom stereocenters. The molecule has 0 aliphatic heterocycles. The van der Waals surface area contributed by atoms with Crippen molar-refractivity contribution in [2.45, 2.75) is 39.0 Å². The molecular formula is C21H24N2O. The number of carbonyl (C=O) groups excluding carboxylic acids is 1. The van der Waals surface area contributed by atoms with Gasteiger partial charge in [0.15, 0.2) is 0 Å². The van der Waals surface area contributed by atoms with Gasteiger partial charge in [-0.2, -0.15) is 5.10 Å². The Morgan fingerprint density at radius 1 is 1.08 bits per heavy atom. The maximum absolute atomic E-state index is 12.3. The summed E-state index contributed by atoms with van der Waals surface area (Å²) in [6.45, 7) is 6.27. The minimum absolute atomic E-state index is 0.0157. The average molecular weight is 320 g/mol. The third-order valence-electron chi connectivity index (χ3n) is 4.68. The van der Waals surface area contributed by atoms with Crippen LogP contribution < -0.4 is 5.43 Å². The highest BCUT2D eigenvalue weighted by Gasteiger charge is 2.43. The van der Waals surface area contributed by atoms with Crippen molar-refractivity contribution in [3.05, 3.63) is 71.3 Å². The second kappa shape index (κ2) is 7.00. The predicted molar refractivity (Wildman–Crippen MR) is 98.2 cm³/mol. The van der Waals surface area contributed by atoms with Crippen LogP contribution >= 0.6 is 0 Å². The van der Waals surface area contributed by atoms with Gasteiger partial charge in [-0.1, -0.05) is 68.4 Å². The molecule has 0 saturated heterocycles. The normalized spacial score (nSPS) is 20.1. The van der Waals surface area contributed by atoms with Crippen LogP contribution in [0.25, 0.3) is 0 Å². The minimum Gasteiger partial charge on any atom is -0.273 e. The number of hydrogen-bond acceptors (Lipinski definition) is 2. The third-order valence-corrected chi connectivity index (χ3v) is 4.68. The number of nitrogens with zero attached hydrogens (tertiary/aromatic N) is 1. The molecule has 2 aromatic rings. The van der Waals surface area contributed by atoms with Gasteiger partial charge in [-0.05, 0) is 41.9 Å². The van der Waals surface area contributed by atoms with Gasteiger partial charge in [0.1, 0.15) is 0 Å². The van der Waals surface area contributed by atoms with Crippen LogP contribution in [0.3, 0.4) is 0 Å². The van der Waals surface area contributed by atoms with Gasteiger partial charge >= 0.3 is 0 Å². The Bertz CT molecular complexity index is 732. The van der Waals surface area contributed by atoms with E-state index in [1.54, 1.807) is 0 Å². The first-order chi connectivity index (χ1) is 11.6. The van der Waals surface area contributed by atoms with Crippen molar-refractivity contribution < 1.29 is 4.79 Å². The standard InChI is InChI=1S/C21H24N2O/c1-14(2)16-9-11-17(12-10-16)15(3)22-23-21(24)20-13-19(20)18-7-5-4-6-8-18/h4-12,14,19-20H,13H2,1-3H3,(H,23,24)/b22-15-/t19-,20+/m0/s1. The van der Waals surface area contributed by atoms with Crippen molar-refractivity contribution in [1.82, 2.24) is 5.43 Å². The van der Waals surface area contributed by atoms with Crippen LogP contribution in [0.2, 0.25) is 0 Å².